The van der Waals surface area contributed by atoms with Gasteiger partial charge < -0.3 is 24.5 Å². The first-order valence-electron chi connectivity index (χ1n) is 13.8. The Morgan fingerprint density at radius 1 is 0.854 bits per heavy atom. The van der Waals surface area contributed by atoms with Gasteiger partial charge in [-0.2, -0.15) is 0 Å². The van der Waals surface area contributed by atoms with Crippen LogP contribution < -0.4 is 4.90 Å². The third kappa shape index (κ3) is 5.60. The molecule has 41 heavy (non-hydrogen) atoms. The van der Waals surface area contributed by atoms with E-state index in [9.17, 15) is 24.8 Å². The van der Waals surface area contributed by atoms with Gasteiger partial charge in [-0.1, -0.05) is 60.7 Å². The lowest BCUT2D eigenvalue weighted by Gasteiger charge is -2.42. The van der Waals surface area contributed by atoms with Crippen molar-refractivity contribution >= 4 is 23.4 Å². The second-order valence-corrected chi connectivity index (χ2v) is 10.5. The Kier molecular flexibility index (Phi) is 8.21. The average Bonchev–Trinajstić information content (AvgIpc) is 3.04. The van der Waals surface area contributed by atoms with Gasteiger partial charge in [0.25, 0.3) is 11.6 Å². The number of carbonyl (C=O) groups excluding carboxylic acids is 2. The molecule has 2 aliphatic heterocycles. The van der Waals surface area contributed by atoms with Gasteiger partial charge in [-0.15, -0.1) is 0 Å². The Bertz CT molecular complexity index is 1340. The molecule has 3 aromatic rings. The number of nitro groups is 1. The minimum atomic E-state index is -1.19. The average molecular weight is 559 g/mol. The monoisotopic (exact) mass is 558 g/mol. The molecule has 214 valence electrons. The molecule has 2 amide bonds. The van der Waals surface area contributed by atoms with Crippen LogP contribution in [0.4, 0.5) is 16.2 Å². The lowest BCUT2D eigenvalue weighted by atomic mass is 9.72. The van der Waals surface area contributed by atoms with Crippen molar-refractivity contribution in [2.45, 2.75) is 18.4 Å². The van der Waals surface area contributed by atoms with Crippen molar-refractivity contribution in [3.05, 3.63) is 106 Å². The largest absolute Gasteiger partial charge is 0.453 e. The molecule has 5 rings (SSSR count). The number of nitro benzene ring substituents is 1. The van der Waals surface area contributed by atoms with Crippen LogP contribution in [0.15, 0.2) is 78.9 Å². The standard InChI is InChI=1S/C31H34N4O6/c1-41-30(37)34-20-18-33(19-21-34)29(36)23-12-13-27(28(22-23)35(39)40)32-16-14-26(15-17-32)31(38,24-8-4-2-5-9-24)25-10-6-3-7-11-25/h2-13,22,26,38H,14-21H2,1H3. The number of methoxy groups -OCH3 is 1. The van der Waals surface area contributed by atoms with Gasteiger partial charge in [-0.25, -0.2) is 4.79 Å². The van der Waals surface area contributed by atoms with Crippen molar-refractivity contribution in [1.29, 1.82) is 0 Å². The zero-order chi connectivity index (χ0) is 29.0. The lowest BCUT2D eigenvalue weighted by molar-refractivity contribution is -0.384. The summed E-state index contributed by atoms with van der Waals surface area (Å²) in [7, 11) is 1.32. The first kappa shape index (κ1) is 28.1. The normalized spacial score (nSPS) is 16.4. The van der Waals surface area contributed by atoms with E-state index in [1.807, 2.05) is 65.6 Å². The predicted octanol–water partition coefficient (Wildman–Crippen LogP) is 4.27. The van der Waals surface area contributed by atoms with Crippen LogP contribution in [0.2, 0.25) is 0 Å². The number of anilines is 1. The number of carbonyl (C=O) groups is 2. The number of piperidine rings is 1. The number of rotatable bonds is 6. The van der Waals surface area contributed by atoms with Crippen molar-refractivity contribution in [3.63, 3.8) is 0 Å². The number of amides is 2. The molecular weight excluding hydrogens is 524 g/mol. The Balaban J connectivity index is 1.32. The van der Waals surface area contributed by atoms with Crippen molar-refractivity contribution in [1.82, 2.24) is 9.80 Å². The topological polar surface area (TPSA) is 116 Å². The molecule has 0 aromatic heterocycles. The van der Waals surface area contributed by atoms with Crippen LogP contribution in [-0.4, -0.2) is 78.2 Å². The summed E-state index contributed by atoms with van der Waals surface area (Å²) < 4.78 is 4.74. The van der Waals surface area contributed by atoms with Crippen LogP contribution in [0.1, 0.15) is 34.3 Å². The van der Waals surface area contributed by atoms with Crippen molar-refractivity contribution in [2.75, 3.05) is 51.3 Å². The number of ether oxygens (including phenoxy) is 1. The molecule has 2 aliphatic rings. The summed E-state index contributed by atoms with van der Waals surface area (Å²) in [6, 6.07) is 23.9. The molecule has 3 aromatic carbocycles. The van der Waals surface area contributed by atoms with E-state index in [-0.39, 0.29) is 23.1 Å². The minimum absolute atomic E-state index is 0.0906. The predicted molar refractivity (Wildman–Crippen MR) is 154 cm³/mol. The van der Waals surface area contributed by atoms with Gasteiger partial charge in [0.1, 0.15) is 11.3 Å². The van der Waals surface area contributed by atoms with E-state index in [1.165, 1.54) is 18.1 Å². The SMILES string of the molecule is COC(=O)N1CCN(C(=O)c2ccc(N3CCC(C(O)(c4ccccc4)c4ccccc4)CC3)c([N+](=O)[O-])c2)CC1. The van der Waals surface area contributed by atoms with Crippen LogP contribution in [0.3, 0.4) is 0 Å². The summed E-state index contributed by atoms with van der Waals surface area (Å²) in [6.07, 6.45) is 0.817. The molecule has 10 nitrogen and oxygen atoms in total. The highest BCUT2D eigenvalue weighted by molar-refractivity contribution is 5.96. The summed E-state index contributed by atoms with van der Waals surface area (Å²) in [4.78, 5) is 41.7. The molecule has 0 aliphatic carbocycles. The van der Waals surface area contributed by atoms with Gasteiger partial charge in [0.2, 0.25) is 0 Å². The molecule has 2 heterocycles. The lowest BCUT2D eigenvalue weighted by Crippen LogP contribution is -2.50. The number of aliphatic hydroxyl groups is 1. The zero-order valence-electron chi connectivity index (χ0n) is 23.0. The number of piperazine rings is 1. The second kappa shape index (κ2) is 12.0. The fourth-order valence-electron chi connectivity index (χ4n) is 6.03. The maximum atomic E-state index is 13.2. The van der Waals surface area contributed by atoms with Crippen LogP contribution in [0.5, 0.6) is 0 Å². The smallest absolute Gasteiger partial charge is 0.409 e. The molecule has 10 heteroatoms. The molecule has 1 N–H and O–H groups in total. The molecule has 0 saturated carbocycles. The minimum Gasteiger partial charge on any atom is -0.453 e. The Morgan fingerprint density at radius 2 is 1.39 bits per heavy atom. The first-order valence-corrected chi connectivity index (χ1v) is 13.8. The van der Waals surface area contributed by atoms with Crippen molar-refractivity contribution < 1.29 is 24.4 Å². The third-order valence-electron chi connectivity index (χ3n) is 8.27. The highest BCUT2D eigenvalue weighted by Crippen LogP contribution is 2.43. The Labute approximate surface area is 238 Å². The quantitative estimate of drug-likeness (QED) is 0.355. The summed E-state index contributed by atoms with van der Waals surface area (Å²) >= 11 is 0. The van der Waals surface area contributed by atoms with Crippen LogP contribution >= 0.6 is 0 Å². The molecule has 2 fully saturated rings. The molecule has 0 radical (unpaired) electrons. The zero-order valence-corrected chi connectivity index (χ0v) is 23.0. The molecule has 0 bridgehead atoms. The Morgan fingerprint density at radius 3 is 1.90 bits per heavy atom. The van der Waals surface area contributed by atoms with E-state index in [0.717, 1.165) is 11.1 Å². The number of hydrogen-bond acceptors (Lipinski definition) is 7. The maximum absolute atomic E-state index is 13.2. The van der Waals surface area contributed by atoms with E-state index >= 15 is 0 Å². The van der Waals surface area contributed by atoms with Crippen molar-refractivity contribution in [3.8, 4) is 0 Å². The van der Waals surface area contributed by atoms with Gasteiger partial charge in [0, 0.05) is 50.9 Å². The molecular formula is C31H34N4O6. The van der Waals surface area contributed by atoms with Gasteiger partial charge in [-0.05, 0) is 42.0 Å². The number of hydrogen-bond donors (Lipinski definition) is 1. The van der Waals surface area contributed by atoms with E-state index in [0.29, 0.717) is 57.8 Å². The summed E-state index contributed by atoms with van der Waals surface area (Å²) in [5.74, 6) is -0.397. The second-order valence-electron chi connectivity index (χ2n) is 10.5. The molecule has 0 spiro atoms. The first-order chi connectivity index (χ1) is 19.8. The maximum Gasteiger partial charge on any atom is 0.409 e. The van der Waals surface area contributed by atoms with Gasteiger partial charge in [0.05, 0.1) is 12.0 Å². The Hall–Kier alpha value is -4.44. The summed E-state index contributed by atoms with van der Waals surface area (Å²) in [5.41, 5.74) is 1.04. The van der Waals surface area contributed by atoms with Crippen LogP contribution in [0, 0.1) is 16.0 Å². The number of benzene rings is 3. The highest BCUT2D eigenvalue weighted by Gasteiger charge is 2.42. The van der Waals surface area contributed by atoms with Crippen LogP contribution in [0.25, 0.3) is 0 Å². The number of nitrogens with zero attached hydrogens (tertiary/aromatic N) is 4. The van der Waals surface area contributed by atoms with E-state index in [4.69, 9.17) is 4.74 Å². The molecule has 0 unspecified atom stereocenters. The van der Waals surface area contributed by atoms with Gasteiger partial charge >= 0.3 is 6.09 Å². The fraction of sp³-hybridized carbons (Fsp3) is 0.355. The third-order valence-corrected chi connectivity index (χ3v) is 8.27. The fourth-order valence-corrected chi connectivity index (χ4v) is 6.03. The summed E-state index contributed by atoms with van der Waals surface area (Å²) in [6.45, 7) is 2.37. The van der Waals surface area contributed by atoms with E-state index < -0.39 is 16.6 Å². The van der Waals surface area contributed by atoms with Crippen LogP contribution in [-0.2, 0) is 10.3 Å². The van der Waals surface area contributed by atoms with E-state index in [1.54, 1.807) is 17.0 Å². The van der Waals surface area contributed by atoms with Crippen molar-refractivity contribution in [2.24, 2.45) is 5.92 Å². The van der Waals surface area contributed by atoms with E-state index in [2.05, 4.69) is 0 Å². The molecule has 0 atom stereocenters. The highest BCUT2D eigenvalue weighted by atomic mass is 16.6. The van der Waals surface area contributed by atoms with Gasteiger partial charge in [0.15, 0.2) is 0 Å². The molecule has 2 saturated heterocycles. The summed E-state index contributed by atoms with van der Waals surface area (Å²) in [5, 5.41) is 24.3. The van der Waals surface area contributed by atoms with Gasteiger partial charge in [-0.3, -0.25) is 14.9 Å².